The molecule has 0 bridgehead atoms. The molecule has 144 valence electrons. The number of imide groups is 1. The molecule has 3 heterocycles. The first-order valence-corrected chi connectivity index (χ1v) is 8.67. The van der Waals surface area contributed by atoms with Crippen LogP contribution in [0.5, 0.6) is 0 Å². The maximum absolute atomic E-state index is 13.0. The number of nitrogens with zero attached hydrogens (tertiary/aromatic N) is 6. The Balaban J connectivity index is 1.96. The third-order valence-electron chi connectivity index (χ3n) is 4.32. The SMILES string of the molecule is C=C(C)CN1C(=O)C2C(=NC3=[N+]2CC(C)=NN3CC(=O)OCC)N(C)C1=O. The molecule has 27 heavy (non-hydrogen) atoms. The minimum Gasteiger partial charge on any atom is -0.464 e. The summed E-state index contributed by atoms with van der Waals surface area (Å²) in [5.74, 6) is -0.116. The normalized spacial score (nSPS) is 21.8. The standard InChI is InChI=1S/C17H23N6O4/c1-6-27-12(24)9-23-16-18-14-13(21(16)8-11(4)19-23)15(25)22(7-10(2)3)17(26)20(14)5/h13H,2,6-9H2,1,3-5H3/q+1. The van der Waals surface area contributed by atoms with Crippen molar-refractivity contribution in [2.24, 2.45) is 10.1 Å². The molecule has 3 rings (SSSR count). The fraction of sp³-hybridized carbons (Fsp3) is 0.529. The smallest absolute Gasteiger partial charge is 0.417 e. The topological polar surface area (TPSA) is 97.9 Å². The van der Waals surface area contributed by atoms with E-state index in [2.05, 4.69) is 16.7 Å². The number of rotatable bonds is 5. The lowest BCUT2D eigenvalue weighted by molar-refractivity contribution is -0.527. The molecule has 1 fully saturated rings. The van der Waals surface area contributed by atoms with Crippen LogP contribution in [0.4, 0.5) is 4.79 Å². The molecule has 0 N–H and O–H groups in total. The summed E-state index contributed by atoms with van der Waals surface area (Å²) in [6.07, 6.45) is 0. The van der Waals surface area contributed by atoms with Crippen LogP contribution in [0.25, 0.3) is 0 Å². The molecule has 0 spiro atoms. The highest BCUT2D eigenvalue weighted by Crippen LogP contribution is 2.23. The second-order valence-corrected chi connectivity index (χ2v) is 6.72. The molecule has 1 atom stereocenters. The quantitative estimate of drug-likeness (QED) is 0.378. The fourth-order valence-electron chi connectivity index (χ4n) is 3.25. The second kappa shape index (κ2) is 6.93. The summed E-state index contributed by atoms with van der Waals surface area (Å²) in [6, 6.07) is -1.19. The number of carbonyl (C=O) groups excluding carboxylic acids is 3. The zero-order chi connectivity index (χ0) is 19.9. The molecule has 3 aliphatic heterocycles. The summed E-state index contributed by atoms with van der Waals surface area (Å²) >= 11 is 0. The van der Waals surface area contributed by atoms with E-state index in [0.29, 0.717) is 23.9 Å². The van der Waals surface area contributed by atoms with Crippen LogP contribution >= 0.6 is 0 Å². The highest BCUT2D eigenvalue weighted by Gasteiger charge is 2.54. The van der Waals surface area contributed by atoms with Crippen LogP contribution in [-0.4, -0.2) is 94.1 Å². The van der Waals surface area contributed by atoms with Crippen LogP contribution in [0, 0.1) is 0 Å². The summed E-state index contributed by atoms with van der Waals surface area (Å²) < 4.78 is 6.75. The predicted octanol–water partition coefficient (Wildman–Crippen LogP) is -0.140. The van der Waals surface area contributed by atoms with Gasteiger partial charge in [0.25, 0.3) is 5.91 Å². The number of likely N-dealkylation sites (N-methyl/N-ethyl adjacent to an activating group) is 1. The number of amides is 3. The number of esters is 1. The maximum Gasteiger partial charge on any atom is 0.417 e. The highest BCUT2D eigenvalue weighted by atomic mass is 16.5. The third-order valence-corrected chi connectivity index (χ3v) is 4.32. The third kappa shape index (κ3) is 3.22. The molecule has 0 saturated carbocycles. The van der Waals surface area contributed by atoms with E-state index in [1.165, 1.54) is 14.8 Å². The minimum atomic E-state index is -0.739. The first-order chi connectivity index (χ1) is 12.7. The van der Waals surface area contributed by atoms with Gasteiger partial charge in [-0.15, -0.1) is 10.1 Å². The molecule has 0 aromatic carbocycles. The van der Waals surface area contributed by atoms with Gasteiger partial charge in [-0.1, -0.05) is 17.1 Å². The van der Waals surface area contributed by atoms with Gasteiger partial charge >= 0.3 is 18.0 Å². The number of ether oxygens (including phenoxy) is 1. The number of urea groups is 1. The number of fused-ring (bicyclic) bond motifs is 2. The maximum atomic E-state index is 13.0. The molecule has 3 aliphatic rings. The van der Waals surface area contributed by atoms with Crippen LogP contribution in [0.1, 0.15) is 20.8 Å². The van der Waals surface area contributed by atoms with Gasteiger partial charge in [0, 0.05) is 7.05 Å². The van der Waals surface area contributed by atoms with Crippen LogP contribution in [0.2, 0.25) is 0 Å². The largest absolute Gasteiger partial charge is 0.464 e. The molecule has 0 aliphatic carbocycles. The van der Waals surface area contributed by atoms with Crippen LogP contribution in [0.3, 0.4) is 0 Å². The van der Waals surface area contributed by atoms with Gasteiger partial charge in [-0.3, -0.25) is 14.6 Å². The first kappa shape index (κ1) is 18.7. The Hall–Kier alpha value is -3.04. The molecule has 1 saturated heterocycles. The minimum absolute atomic E-state index is 0.123. The van der Waals surface area contributed by atoms with E-state index in [0.717, 1.165) is 5.71 Å². The van der Waals surface area contributed by atoms with Crippen molar-refractivity contribution in [1.29, 1.82) is 0 Å². The van der Waals surface area contributed by atoms with Gasteiger partial charge in [-0.25, -0.2) is 14.2 Å². The molecule has 0 radical (unpaired) electrons. The zero-order valence-electron chi connectivity index (χ0n) is 15.9. The summed E-state index contributed by atoms with van der Waals surface area (Å²) in [5, 5.41) is 5.78. The summed E-state index contributed by atoms with van der Waals surface area (Å²) in [4.78, 5) is 44.5. The van der Waals surface area contributed by atoms with Crippen LogP contribution in [-0.2, 0) is 14.3 Å². The Kier molecular flexibility index (Phi) is 4.81. The van der Waals surface area contributed by atoms with Crippen molar-refractivity contribution < 1.29 is 23.7 Å². The van der Waals surface area contributed by atoms with Crippen molar-refractivity contribution in [3.05, 3.63) is 12.2 Å². The highest BCUT2D eigenvalue weighted by molar-refractivity contribution is 6.23. The molecular formula is C17H23N6O4+. The summed E-state index contributed by atoms with van der Waals surface area (Å²) in [7, 11) is 1.58. The van der Waals surface area contributed by atoms with Gasteiger partial charge in [0.2, 0.25) is 11.9 Å². The van der Waals surface area contributed by atoms with Gasteiger partial charge in [-0.2, -0.15) is 0 Å². The summed E-state index contributed by atoms with van der Waals surface area (Å²) in [6.45, 7) is 9.74. The van der Waals surface area contributed by atoms with E-state index in [9.17, 15) is 14.4 Å². The number of hydrogen-bond donors (Lipinski definition) is 0. The average Bonchev–Trinajstić information content (AvgIpc) is 2.96. The summed E-state index contributed by atoms with van der Waals surface area (Å²) in [5.41, 5.74) is 1.42. The Labute approximate surface area is 157 Å². The molecule has 1 unspecified atom stereocenters. The van der Waals surface area contributed by atoms with Gasteiger partial charge in [0.15, 0.2) is 6.54 Å². The van der Waals surface area contributed by atoms with E-state index in [4.69, 9.17) is 4.74 Å². The zero-order valence-corrected chi connectivity index (χ0v) is 15.9. The van der Waals surface area contributed by atoms with Crippen LogP contribution < -0.4 is 0 Å². The molecular weight excluding hydrogens is 352 g/mol. The number of carbonyl (C=O) groups is 3. The lowest BCUT2D eigenvalue weighted by Gasteiger charge is -2.34. The Morgan fingerprint density at radius 1 is 1.37 bits per heavy atom. The van der Waals surface area contributed by atoms with Crippen LogP contribution in [0.15, 0.2) is 22.2 Å². The van der Waals surface area contributed by atoms with E-state index in [1.807, 2.05) is 0 Å². The average molecular weight is 375 g/mol. The number of aliphatic imine (C=N–C) groups is 1. The van der Waals surface area contributed by atoms with E-state index >= 15 is 0 Å². The predicted molar refractivity (Wildman–Crippen MR) is 97.5 cm³/mol. The van der Waals surface area contributed by atoms with Gasteiger partial charge in [0.05, 0.1) is 18.9 Å². The number of amidine groups is 1. The van der Waals surface area contributed by atoms with Crippen molar-refractivity contribution >= 4 is 35.4 Å². The molecule has 3 amide bonds. The molecule has 0 aromatic heterocycles. The van der Waals surface area contributed by atoms with Crippen molar-refractivity contribution in [3.8, 4) is 0 Å². The van der Waals surface area contributed by atoms with Crippen molar-refractivity contribution in [1.82, 2.24) is 14.8 Å². The molecule has 10 nitrogen and oxygen atoms in total. The van der Waals surface area contributed by atoms with Crippen molar-refractivity contribution in [3.63, 3.8) is 0 Å². The monoisotopic (exact) mass is 375 g/mol. The molecule has 0 aromatic rings. The lowest BCUT2D eigenvalue weighted by Crippen LogP contribution is -2.63. The van der Waals surface area contributed by atoms with E-state index in [1.54, 1.807) is 32.4 Å². The number of hydrazone groups is 1. The Morgan fingerprint density at radius 3 is 2.70 bits per heavy atom. The number of guanidine groups is 1. The van der Waals surface area contributed by atoms with Crippen molar-refractivity contribution in [2.75, 3.05) is 33.3 Å². The van der Waals surface area contributed by atoms with Crippen molar-refractivity contribution in [2.45, 2.75) is 26.8 Å². The lowest BCUT2D eigenvalue weighted by atomic mass is 10.1. The number of hydrogen-bond acceptors (Lipinski definition) is 7. The molecule has 10 heteroatoms. The van der Waals surface area contributed by atoms with Gasteiger partial charge < -0.3 is 4.74 Å². The first-order valence-electron chi connectivity index (χ1n) is 8.67. The fourth-order valence-corrected chi connectivity index (χ4v) is 3.25. The van der Waals surface area contributed by atoms with Gasteiger partial charge in [0.1, 0.15) is 6.54 Å². The van der Waals surface area contributed by atoms with E-state index in [-0.39, 0.29) is 25.6 Å². The van der Waals surface area contributed by atoms with Gasteiger partial charge in [-0.05, 0) is 20.8 Å². The van der Waals surface area contributed by atoms with E-state index < -0.39 is 18.0 Å². The second-order valence-electron chi connectivity index (χ2n) is 6.72. The Morgan fingerprint density at radius 2 is 2.07 bits per heavy atom. The Bertz CT molecular complexity index is 827.